The van der Waals surface area contributed by atoms with Crippen LogP contribution in [0.2, 0.25) is 0 Å². The fraction of sp³-hybridized carbons (Fsp3) is 0.500. The zero-order valence-electron chi connectivity index (χ0n) is 12.2. The first-order valence-electron chi connectivity index (χ1n) is 7.10. The third-order valence-corrected chi connectivity index (χ3v) is 5.30. The van der Waals surface area contributed by atoms with Crippen molar-refractivity contribution in [3.05, 3.63) is 29.8 Å². The van der Waals surface area contributed by atoms with Crippen LogP contribution in [0.5, 0.6) is 0 Å². The summed E-state index contributed by atoms with van der Waals surface area (Å²) < 4.78 is 28.9. The summed E-state index contributed by atoms with van der Waals surface area (Å²) in [6.45, 7) is 2.51. The number of amidine groups is 1. The lowest BCUT2D eigenvalue weighted by Crippen LogP contribution is -2.44. The first-order valence-corrected chi connectivity index (χ1v) is 8.54. The van der Waals surface area contributed by atoms with Crippen molar-refractivity contribution in [1.82, 2.24) is 4.31 Å². The molecular formula is C14H22N4O2S. The minimum absolute atomic E-state index is 0.0354. The van der Waals surface area contributed by atoms with E-state index in [1.54, 1.807) is 24.3 Å². The Morgan fingerprint density at radius 2 is 2.05 bits per heavy atom. The van der Waals surface area contributed by atoms with Crippen LogP contribution in [-0.4, -0.2) is 31.1 Å². The summed E-state index contributed by atoms with van der Waals surface area (Å²) in [4.78, 5) is 0. The first kappa shape index (κ1) is 15.8. The predicted molar refractivity (Wildman–Crippen MR) is 84.6 cm³/mol. The molecule has 1 fully saturated rings. The van der Waals surface area contributed by atoms with Crippen molar-refractivity contribution < 1.29 is 8.42 Å². The van der Waals surface area contributed by atoms with Gasteiger partial charge in [0.25, 0.3) is 0 Å². The molecule has 21 heavy (non-hydrogen) atoms. The molecule has 0 saturated carbocycles. The van der Waals surface area contributed by atoms with Gasteiger partial charge in [0.2, 0.25) is 0 Å². The molecule has 0 amide bonds. The van der Waals surface area contributed by atoms with Crippen molar-refractivity contribution in [3.8, 4) is 0 Å². The highest BCUT2D eigenvalue weighted by atomic mass is 32.2. The van der Waals surface area contributed by atoms with Gasteiger partial charge in [0.1, 0.15) is 0 Å². The molecule has 1 aromatic rings. The van der Waals surface area contributed by atoms with Crippen LogP contribution >= 0.6 is 0 Å². The van der Waals surface area contributed by atoms with Crippen LogP contribution in [0.4, 0.5) is 5.69 Å². The molecule has 1 aliphatic heterocycles. The summed E-state index contributed by atoms with van der Waals surface area (Å²) in [5.41, 5.74) is 6.76. The van der Waals surface area contributed by atoms with E-state index in [1.165, 1.54) is 4.31 Å². The average Bonchev–Trinajstić information content (AvgIpc) is 2.40. The molecule has 1 heterocycles. The summed E-state index contributed by atoms with van der Waals surface area (Å²) in [5, 5.41) is 7.25. The fourth-order valence-electron chi connectivity index (χ4n) is 2.55. The molecule has 6 nitrogen and oxygen atoms in total. The quantitative estimate of drug-likeness (QED) is 0.570. The Labute approximate surface area is 126 Å². The van der Waals surface area contributed by atoms with E-state index in [2.05, 4.69) is 4.72 Å². The third kappa shape index (κ3) is 4.18. The van der Waals surface area contributed by atoms with Crippen LogP contribution in [0, 0.1) is 5.41 Å². The van der Waals surface area contributed by atoms with Gasteiger partial charge in [-0.15, -0.1) is 0 Å². The molecule has 1 aromatic carbocycles. The number of hydrogen-bond donors (Lipinski definition) is 3. The molecule has 4 N–H and O–H groups in total. The zero-order chi connectivity index (χ0) is 15.5. The zero-order valence-corrected chi connectivity index (χ0v) is 13.0. The molecule has 0 aliphatic carbocycles. The molecule has 0 spiro atoms. The lowest BCUT2D eigenvalue weighted by molar-refractivity contribution is 0.270. The van der Waals surface area contributed by atoms with Crippen LogP contribution in [0.25, 0.3) is 0 Å². The smallest absolute Gasteiger partial charge is 0.301 e. The predicted octanol–water partition coefficient (Wildman–Crippen LogP) is 1.70. The Morgan fingerprint density at radius 3 is 2.62 bits per heavy atom. The second kappa shape index (κ2) is 6.44. The Balaban J connectivity index is 2.07. The third-order valence-electron chi connectivity index (χ3n) is 3.65. The summed E-state index contributed by atoms with van der Waals surface area (Å²) in [5.74, 6) is 0.0884. The first-order chi connectivity index (χ1) is 9.88. The Morgan fingerprint density at radius 1 is 1.38 bits per heavy atom. The number of nitrogens with two attached hydrogens (primary N) is 1. The maximum Gasteiger partial charge on any atom is 0.301 e. The largest absolute Gasteiger partial charge is 0.387 e. The molecule has 1 unspecified atom stereocenters. The summed E-state index contributed by atoms with van der Waals surface area (Å²) >= 11 is 0. The van der Waals surface area contributed by atoms with E-state index in [0.29, 0.717) is 18.7 Å². The molecule has 1 atom stereocenters. The van der Waals surface area contributed by atoms with Gasteiger partial charge in [-0.1, -0.05) is 18.6 Å². The van der Waals surface area contributed by atoms with Gasteiger partial charge in [0, 0.05) is 24.7 Å². The highest BCUT2D eigenvalue weighted by Crippen LogP contribution is 2.21. The molecule has 116 valence electrons. The van der Waals surface area contributed by atoms with Crippen molar-refractivity contribution in [2.75, 3.05) is 11.3 Å². The monoisotopic (exact) mass is 310 g/mol. The lowest BCUT2D eigenvalue weighted by Gasteiger charge is -2.32. The van der Waals surface area contributed by atoms with E-state index in [9.17, 15) is 8.42 Å². The average molecular weight is 310 g/mol. The highest BCUT2D eigenvalue weighted by molar-refractivity contribution is 7.90. The Kier molecular flexibility index (Phi) is 4.84. The van der Waals surface area contributed by atoms with Crippen molar-refractivity contribution in [2.24, 2.45) is 5.73 Å². The lowest BCUT2D eigenvalue weighted by atomic mass is 10.1. The Hall–Kier alpha value is -1.60. The van der Waals surface area contributed by atoms with E-state index in [4.69, 9.17) is 11.1 Å². The second-order valence-electron chi connectivity index (χ2n) is 5.46. The maximum atomic E-state index is 12.4. The van der Waals surface area contributed by atoms with E-state index < -0.39 is 10.2 Å². The number of piperidine rings is 1. The fourth-order valence-corrected chi connectivity index (χ4v) is 4.05. The van der Waals surface area contributed by atoms with Gasteiger partial charge in [-0.2, -0.15) is 12.7 Å². The van der Waals surface area contributed by atoms with Gasteiger partial charge in [-0.25, -0.2) is 0 Å². The van der Waals surface area contributed by atoms with Gasteiger partial charge in [0.05, 0.1) is 5.84 Å². The molecule has 2 rings (SSSR count). The van der Waals surface area contributed by atoms with Gasteiger partial charge in [0.15, 0.2) is 0 Å². The highest BCUT2D eigenvalue weighted by Gasteiger charge is 2.29. The molecule has 0 aromatic heterocycles. The molecule has 0 bridgehead atoms. The number of anilines is 1. The number of hydrogen-bond acceptors (Lipinski definition) is 3. The number of benzene rings is 1. The van der Waals surface area contributed by atoms with Crippen LogP contribution in [0.3, 0.4) is 0 Å². The van der Waals surface area contributed by atoms with Crippen molar-refractivity contribution in [3.63, 3.8) is 0 Å². The van der Waals surface area contributed by atoms with E-state index in [-0.39, 0.29) is 11.9 Å². The minimum atomic E-state index is -3.51. The molecule has 1 aliphatic rings. The summed E-state index contributed by atoms with van der Waals surface area (Å²) in [7, 11) is -3.51. The van der Waals surface area contributed by atoms with Crippen molar-refractivity contribution in [2.45, 2.75) is 38.6 Å². The molecular weight excluding hydrogens is 288 g/mol. The summed E-state index contributed by atoms with van der Waals surface area (Å²) in [6.07, 6.45) is 3.25. The second-order valence-corrected chi connectivity index (χ2v) is 7.08. The molecule has 1 saturated heterocycles. The van der Waals surface area contributed by atoms with Crippen molar-refractivity contribution >= 4 is 21.7 Å². The van der Waals surface area contributed by atoms with Crippen LogP contribution in [-0.2, 0) is 16.6 Å². The number of nitrogens with one attached hydrogen (secondary N) is 2. The Bertz CT molecular complexity index is 598. The van der Waals surface area contributed by atoms with E-state index in [1.807, 2.05) is 6.92 Å². The van der Waals surface area contributed by atoms with Gasteiger partial charge >= 0.3 is 10.2 Å². The molecule has 7 heteroatoms. The van der Waals surface area contributed by atoms with Crippen molar-refractivity contribution in [1.29, 1.82) is 5.41 Å². The SMILES string of the molecule is CC1CCCCN1S(=O)(=O)Nc1ccc(CC(=N)N)cc1. The van der Waals surface area contributed by atoms with Gasteiger partial charge in [-0.3, -0.25) is 10.1 Å². The van der Waals surface area contributed by atoms with Gasteiger partial charge in [-0.05, 0) is 37.5 Å². The van der Waals surface area contributed by atoms with E-state index in [0.717, 1.165) is 24.8 Å². The normalized spacial score (nSPS) is 20.1. The minimum Gasteiger partial charge on any atom is -0.387 e. The maximum absolute atomic E-state index is 12.4. The van der Waals surface area contributed by atoms with E-state index >= 15 is 0 Å². The van der Waals surface area contributed by atoms with Crippen LogP contribution in [0.15, 0.2) is 24.3 Å². The van der Waals surface area contributed by atoms with Gasteiger partial charge < -0.3 is 5.73 Å². The number of rotatable bonds is 5. The number of nitrogens with zero attached hydrogens (tertiary/aromatic N) is 1. The topological polar surface area (TPSA) is 99.3 Å². The van der Waals surface area contributed by atoms with Crippen LogP contribution in [0.1, 0.15) is 31.7 Å². The standard InChI is InChI=1S/C14H22N4O2S/c1-11-4-2-3-9-18(11)21(19,20)17-13-7-5-12(6-8-13)10-14(15)16/h5-8,11,17H,2-4,9-10H2,1H3,(H3,15,16). The summed E-state index contributed by atoms with van der Waals surface area (Å²) in [6, 6.07) is 6.99. The molecule has 0 radical (unpaired) electrons. The van der Waals surface area contributed by atoms with Crippen LogP contribution < -0.4 is 10.5 Å².